The number of aliphatic carboxylic acids is 1. The number of ether oxygens (including phenoxy) is 1. The van der Waals surface area contributed by atoms with E-state index in [2.05, 4.69) is 4.98 Å². The van der Waals surface area contributed by atoms with Crippen molar-refractivity contribution in [2.75, 3.05) is 6.61 Å². The Bertz CT molecular complexity index is 1240. The molecule has 2 heterocycles. The standard InChI is InChI=1S/C20H19N3O5S/c1-3-9-28-18-10-15(7-6-14(18)12-21)29(26,27)23-13(2)17(11-19(24)25)16-5-4-8-22-20(16)23/h4-8,10H,3,9,11H2,1-2H3,(H,24,25). The molecule has 0 amide bonds. The molecule has 150 valence electrons. The fourth-order valence-corrected chi connectivity index (χ4v) is 4.68. The summed E-state index contributed by atoms with van der Waals surface area (Å²) < 4.78 is 33.4. The van der Waals surface area contributed by atoms with Gasteiger partial charge in [0.05, 0.1) is 23.5 Å². The van der Waals surface area contributed by atoms with Crippen LogP contribution in [0.1, 0.15) is 30.2 Å². The van der Waals surface area contributed by atoms with Crippen LogP contribution in [0.25, 0.3) is 11.0 Å². The van der Waals surface area contributed by atoms with E-state index in [9.17, 15) is 23.6 Å². The van der Waals surface area contributed by atoms with E-state index in [1.807, 2.05) is 13.0 Å². The molecular formula is C20H19N3O5S. The van der Waals surface area contributed by atoms with Crippen LogP contribution in [0.5, 0.6) is 5.75 Å². The van der Waals surface area contributed by atoms with E-state index in [0.717, 1.165) is 3.97 Å². The first kappa shape index (κ1) is 20.4. The largest absolute Gasteiger partial charge is 0.492 e. The molecule has 1 aromatic carbocycles. The van der Waals surface area contributed by atoms with Gasteiger partial charge in [-0.3, -0.25) is 4.79 Å². The molecule has 0 bridgehead atoms. The SMILES string of the molecule is CCCOc1cc(S(=O)(=O)n2c(C)c(CC(=O)O)c3cccnc32)ccc1C#N. The van der Waals surface area contributed by atoms with E-state index in [4.69, 9.17) is 4.74 Å². The fourth-order valence-electron chi connectivity index (χ4n) is 3.13. The van der Waals surface area contributed by atoms with Gasteiger partial charge in [0, 0.05) is 23.3 Å². The molecule has 2 aromatic heterocycles. The number of fused-ring (bicyclic) bond motifs is 1. The highest BCUT2D eigenvalue weighted by Crippen LogP contribution is 2.31. The number of carbonyl (C=O) groups is 1. The second-order valence-corrected chi connectivity index (χ2v) is 8.18. The predicted molar refractivity (Wildman–Crippen MR) is 105 cm³/mol. The lowest BCUT2D eigenvalue weighted by molar-refractivity contribution is -0.136. The number of aromatic nitrogens is 2. The van der Waals surface area contributed by atoms with E-state index in [0.29, 0.717) is 24.0 Å². The van der Waals surface area contributed by atoms with E-state index >= 15 is 0 Å². The van der Waals surface area contributed by atoms with Gasteiger partial charge in [0.15, 0.2) is 5.65 Å². The first-order valence-corrected chi connectivity index (χ1v) is 10.3. The molecule has 1 N–H and O–H groups in total. The van der Waals surface area contributed by atoms with E-state index in [1.165, 1.54) is 24.4 Å². The van der Waals surface area contributed by atoms with Gasteiger partial charge in [-0.15, -0.1) is 0 Å². The summed E-state index contributed by atoms with van der Waals surface area (Å²) in [6.45, 7) is 3.79. The van der Waals surface area contributed by atoms with Crippen molar-refractivity contribution in [2.24, 2.45) is 0 Å². The van der Waals surface area contributed by atoms with Crippen LogP contribution in [0.4, 0.5) is 0 Å². The molecule has 3 aromatic rings. The summed E-state index contributed by atoms with van der Waals surface area (Å²) in [6, 6.07) is 9.30. The summed E-state index contributed by atoms with van der Waals surface area (Å²) in [5, 5.41) is 18.9. The highest BCUT2D eigenvalue weighted by molar-refractivity contribution is 7.90. The van der Waals surface area contributed by atoms with Crippen molar-refractivity contribution in [2.45, 2.75) is 31.6 Å². The molecule has 0 atom stereocenters. The molecule has 0 saturated carbocycles. The minimum Gasteiger partial charge on any atom is -0.492 e. The quantitative estimate of drug-likeness (QED) is 0.632. The zero-order valence-corrected chi connectivity index (χ0v) is 16.7. The van der Waals surface area contributed by atoms with Gasteiger partial charge in [0.2, 0.25) is 0 Å². The number of hydrogen-bond donors (Lipinski definition) is 1. The maximum absolute atomic E-state index is 13.4. The van der Waals surface area contributed by atoms with Crippen LogP contribution in [-0.2, 0) is 21.2 Å². The number of rotatable bonds is 7. The van der Waals surface area contributed by atoms with Gasteiger partial charge in [0.1, 0.15) is 11.8 Å². The first-order valence-electron chi connectivity index (χ1n) is 8.90. The molecule has 0 fully saturated rings. The lowest BCUT2D eigenvalue weighted by Crippen LogP contribution is -2.16. The fraction of sp³-hybridized carbons (Fsp3) is 0.250. The number of nitriles is 1. The van der Waals surface area contributed by atoms with Crippen LogP contribution in [0.2, 0.25) is 0 Å². The molecule has 0 aliphatic rings. The van der Waals surface area contributed by atoms with Gasteiger partial charge in [0.25, 0.3) is 10.0 Å². The average molecular weight is 413 g/mol. The highest BCUT2D eigenvalue weighted by Gasteiger charge is 2.27. The van der Waals surface area contributed by atoms with Crippen LogP contribution >= 0.6 is 0 Å². The molecule has 8 nitrogen and oxygen atoms in total. The van der Waals surface area contributed by atoms with Gasteiger partial charge >= 0.3 is 5.97 Å². The molecule has 0 spiro atoms. The van der Waals surface area contributed by atoms with Crippen molar-refractivity contribution in [1.29, 1.82) is 5.26 Å². The number of carboxylic acids is 1. The first-order chi connectivity index (χ1) is 13.8. The van der Waals surface area contributed by atoms with Crippen molar-refractivity contribution in [1.82, 2.24) is 8.96 Å². The normalized spacial score (nSPS) is 11.3. The van der Waals surface area contributed by atoms with Gasteiger partial charge in [-0.05, 0) is 43.2 Å². The molecule has 0 radical (unpaired) electrons. The van der Waals surface area contributed by atoms with Crippen LogP contribution < -0.4 is 4.74 Å². The molecule has 9 heteroatoms. The molecule has 0 unspecified atom stereocenters. The number of pyridine rings is 1. The summed E-state index contributed by atoms with van der Waals surface area (Å²) in [5.74, 6) is -0.884. The van der Waals surface area contributed by atoms with Crippen molar-refractivity contribution in [3.05, 3.63) is 53.3 Å². The topological polar surface area (TPSA) is 122 Å². The second kappa shape index (κ2) is 7.93. The average Bonchev–Trinajstić information content (AvgIpc) is 2.98. The molecule has 0 aliphatic carbocycles. The zero-order valence-electron chi connectivity index (χ0n) is 15.9. The van der Waals surface area contributed by atoms with Crippen LogP contribution in [0.3, 0.4) is 0 Å². The van der Waals surface area contributed by atoms with Crippen molar-refractivity contribution >= 4 is 27.0 Å². The Hall–Kier alpha value is -3.38. The Kier molecular flexibility index (Phi) is 5.57. The molecule has 0 aliphatic heterocycles. The molecule has 29 heavy (non-hydrogen) atoms. The number of carboxylic acid groups (broad SMARTS) is 1. The molecular weight excluding hydrogens is 394 g/mol. The third-order valence-corrected chi connectivity index (χ3v) is 6.22. The lowest BCUT2D eigenvalue weighted by Gasteiger charge is -2.12. The summed E-state index contributed by atoms with van der Waals surface area (Å²) in [5.41, 5.74) is 1.06. The Morgan fingerprint density at radius 1 is 1.34 bits per heavy atom. The number of hydrogen-bond acceptors (Lipinski definition) is 6. The van der Waals surface area contributed by atoms with Gasteiger partial charge < -0.3 is 9.84 Å². The minimum atomic E-state index is -4.11. The number of nitrogens with zero attached hydrogens (tertiary/aromatic N) is 3. The summed E-state index contributed by atoms with van der Waals surface area (Å²) in [4.78, 5) is 15.4. The van der Waals surface area contributed by atoms with Crippen LogP contribution in [-0.4, -0.2) is 35.1 Å². The highest BCUT2D eigenvalue weighted by atomic mass is 32.2. The van der Waals surface area contributed by atoms with E-state index < -0.39 is 16.0 Å². The van der Waals surface area contributed by atoms with Crippen molar-refractivity contribution in [3.63, 3.8) is 0 Å². The Labute approximate surface area is 168 Å². The Morgan fingerprint density at radius 3 is 2.76 bits per heavy atom. The predicted octanol–water partition coefficient (Wildman–Crippen LogP) is 2.87. The number of benzene rings is 1. The summed E-state index contributed by atoms with van der Waals surface area (Å²) >= 11 is 0. The third kappa shape index (κ3) is 3.67. The Morgan fingerprint density at radius 2 is 2.10 bits per heavy atom. The maximum atomic E-state index is 13.4. The summed E-state index contributed by atoms with van der Waals surface area (Å²) in [7, 11) is -4.11. The third-order valence-electron chi connectivity index (χ3n) is 4.45. The van der Waals surface area contributed by atoms with E-state index in [-0.39, 0.29) is 34.0 Å². The van der Waals surface area contributed by atoms with Crippen LogP contribution in [0.15, 0.2) is 41.4 Å². The monoisotopic (exact) mass is 413 g/mol. The molecule has 3 rings (SSSR count). The second-order valence-electron chi connectivity index (χ2n) is 6.40. The van der Waals surface area contributed by atoms with Crippen molar-refractivity contribution in [3.8, 4) is 11.8 Å². The summed E-state index contributed by atoms with van der Waals surface area (Å²) in [6.07, 6.45) is 1.83. The lowest BCUT2D eigenvalue weighted by atomic mass is 10.1. The minimum absolute atomic E-state index is 0.0740. The van der Waals surface area contributed by atoms with Gasteiger partial charge in [-0.2, -0.15) is 5.26 Å². The van der Waals surface area contributed by atoms with Gasteiger partial charge in [-0.1, -0.05) is 6.92 Å². The van der Waals surface area contributed by atoms with Crippen molar-refractivity contribution < 1.29 is 23.1 Å². The van der Waals surface area contributed by atoms with Crippen LogP contribution in [0, 0.1) is 18.3 Å². The Balaban J connectivity index is 2.23. The molecule has 0 saturated heterocycles. The smallest absolute Gasteiger partial charge is 0.307 e. The zero-order chi connectivity index (χ0) is 21.2. The van der Waals surface area contributed by atoms with E-state index in [1.54, 1.807) is 19.1 Å². The maximum Gasteiger partial charge on any atom is 0.307 e. The van der Waals surface area contributed by atoms with Gasteiger partial charge in [-0.25, -0.2) is 17.4 Å².